The maximum atomic E-state index is 15.7. The van der Waals surface area contributed by atoms with E-state index in [1.54, 1.807) is 55.4 Å². The molecule has 0 unspecified atom stereocenters. The number of rotatable bonds is 7. The quantitative estimate of drug-likeness (QED) is 0.174. The van der Waals surface area contributed by atoms with E-state index in [4.69, 9.17) is 25.5 Å². The summed E-state index contributed by atoms with van der Waals surface area (Å²) in [5.41, 5.74) is 1.68. The minimum absolute atomic E-state index is 0.0340. The largest absolute Gasteiger partial charge is 0.456 e. The van der Waals surface area contributed by atoms with E-state index in [0.717, 1.165) is 4.88 Å². The predicted molar refractivity (Wildman–Crippen MR) is 154 cm³/mol. The molecule has 12 heteroatoms. The van der Waals surface area contributed by atoms with Crippen LogP contribution in [0.1, 0.15) is 71.6 Å². The molecule has 2 amide bonds. The normalized spacial score (nSPS) is 12.3. The van der Waals surface area contributed by atoms with E-state index >= 15 is 4.39 Å². The summed E-state index contributed by atoms with van der Waals surface area (Å²) in [4.78, 5) is 30.1. The van der Waals surface area contributed by atoms with Crippen LogP contribution in [0.25, 0.3) is 11.1 Å². The number of hydrazine groups is 1. The Hall–Kier alpha value is -3.49. The van der Waals surface area contributed by atoms with Crippen molar-refractivity contribution < 1.29 is 27.9 Å². The van der Waals surface area contributed by atoms with Gasteiger partial charge in [0, 0.05) is 17.3 Å². The number of aromatic nitrogens is 1. The third kappa shape index (κ3) is 8.26. The molecule has 2 N–H and O–H groups in total. The van der Waals surface area contributed by atoms with Crippen LogP contribution in [-0.4, -0.2) is 34.4 Å². The van der Waals surface area contributed by atoms with Gasteiger partial charge in [0.25, 0.3) is 0 Å². The molecule has 0 aliphatic heterocycles. The molecule has 216 valence electrons. The molecule has 3 heterocycles. The number of nitrogens with zero attached hydrogens (tertiary/aromatic N) is 2. The topological polar surface area (TPSA) is 106 Å². The van der Waals surface area contributed by atoms with Crippen molar-refractivity contribution >= 4 is 51.9 Å². The van der Waals surface area contributed by atoms with Gasteiger partial charge in [-0.25, -0.2) is 24.4 Å². The summed E-state index contributed by atoms with van der Waals surface area (Å²) >= 11 is 7.69. The monoisotopic (exact) mass is 592 g/mol. The molecule has 0 aromatic carbocycles. The van der Waals surface area contributed by atoms with E-state index in [2.05, 4.69) is 27.6 Å². The zero-order chi connectivity index (χ0) is 29.8. The highest BCUT2D eigenvalue weighted by Gasteiger charge is 2.30. The van der Waals surface area contributed by atoms with Crippen molar-refractivity contribution in [1.29, 1.82) is 0 Å². The molecule has 0 bridgehead atoms. The minimum atomic E-state index is -0.891. The van der Waals surface area contributed by atoms with Gasteiger partial charge >= 0.3 is 12.2 Å². The molecule has 3 rings (SSSR count). The second-order valence-corrected chi connectivity index (χ2v) is 12.4. The lowest BCUT2D eigenvalue weighted by atomic mass is 10.1. The molecule has 0 radical (unpaired) electrons. The highest BCUT2D eigenvalue weighted by Crippen LogP contribution is 2.38. The summed E-state index contributed by atoms with van der Waals surface area (Å²) in [5.74, 6) is 5.26. The van der Waals surface area contributed by atoms with Crippen molar-refractivity contribution in [3.8, 4) is 11.8 Å². The molecule has 0 aliphatic carbocycles. The zero-order valence-corrected chi connectivity index (χ0v) is 25.4. The molecule has 0 saturated heterocycles. The van der Waals surface area contributed by atoms with Crippen LogP contribution >= 0.6 is 22.9 Å². The molecular weight excluding hydrogens is 559 g/mol. The van der Waals surface area contributed by atoms with Crippen LogP contribution in [0.3, 0.4) is 0 Å². The van der Waals surface area contributed by atoms with Gasteiger partial charge in [0.2, 0.25) is 0 Å². The average molecular weight is 593 g/mol. The lowest BCUT2D eigenvalue weighted by Crippen LogP contribution is -2.45. The number of pyridine rings is 1. The Morgan fingerprint density at radius 2 is 1.85 bits per heavy atom. The van der Waals surface area contributed by atoms with Crippen molar-refractivity contribution in [1.82, 2.24) is 15.7 Å². The van der Waals surface area contributed by atoms with Gasteiger partial charge in [-0.15, -0.1) is 17.3 Å². The first kappa shape index (κ1) is 31.0. The maximum absolute atomic E-state index is 15.7. The second-order valence-electron chi connectivity index (χ2n) is 11.0. The molecule has 3 aromatic heterocycles. The van der Waals surface area contributed by atoms with Crippen molar-refractivity contribution in [2.75, 3.05) is 5.01 Å². The zero-order valence-electron chi connectivity index (χ0n) is 23.8. The van der Waals surface area contributed by atoms with Crippen molar-refractivity contribution in [3.05, 3.63) is 44.7 Å². The molecule has 0 spiro atoms. The van der Waals surface area contributed by atoms with Crippen LogP contribution < -0.4 is 15.8 Å². The van der Waals surface area contributed by atoms with Crippen molar-refractivity contribution in [2.45, 2.75) is 85.6 Å². The van der Waals surface area contributed by atoms with Gasteiger partial charge in [0.15, 0.2) is 16.6 Å². The summed E-state index contributed by atoms with van der Waals surface area (Å²) in [6.45, 7) is 14.0. The summed E-state index contributed by atoms with van der Waals surface area (Å²) in [7, 11) is 0. The SMILES string of the molecule is CC#Cc1c(C[C@H](C)NC(=O)OC(C)(C)C)oc2c(N(Cc3cccs3)NC(=O)OC(C)(C)C)c(F)c(Cl)nc12. The number of halogens is 2. The fourth-order valence-electron chi connectivity index (χ4n) is 3.70. The highest BCUT2D eigenvalue weighted by molar-refractivity contribution is 7.09. The number of anilines is 1. The first-order valence-electron chi connectivity index (χ1n) is 12.6. The fourth-order valence-corrected chi connectivity index (χ4v) is 4.57. The van der Waals surface area contributed by atoms with Gasteiger partial charge in [0.05, 0.1) is 12.1 Å². The van der Waals surface area contributed by atoms with Gasteiger partial charge in [-0.3, -0.25) is 5.01 Å². The lowest BCUT2D eigenvalue weighted by Gasteiger charge is -2.27. The van der Waals surface area contributed by atoms with E-state index < -0.39 is 40.4 Å². The maximum Gasteiger partial charge on any atom is 0.426 e. The molecule has 1 atom stereocenters. The Labute approximate surface area is 242 Å². The van der Waals surface area contributed by atoms with Crippen molar-refractivity contribution in [3.63, 3.8) is 0 Å². The van der Waals surface area contributed by atoms with Crippen LogP contribution in [0, 0.1) is 17.7 Å². The Morgan fingerprint density at radius 1 is 1.20 bits per heavy atom. The standard InChI is InChI=1S/C28H34ClFN4O5S/c1-9-11-18-19(14-16(2)31-25(35)38-27(3,4)5)37-23-21(18)32-24(29)20(30)22(23)34(15-17-12-10-13-40-17)33-26(36)39-28(6,7)8/h10,12-13,16H,14-15H2,1-8H3,(H,31,35)(H,33,36)/t16-/m0/s1. The first-order valence-corrected chi connectivity index (χ1v) is 13.9. The van der Waals surface area contributed by atoms with Gasteiger partial charge in [-0.05, 0) is 66.8 Å². The number of carbonyl (C=O) groups is 2. The van der Waals surface area contributed by atoms with Gasteiger partial charge in [0.1, 0.15) is 28.2 Å². The lowest BCUT2D eigenvalue weighted by molar-refractivity contribution is 0.0500. The molecular formula is C28H34ClFN4O5S. The third-order valence-corrected chi connectivity index (χ3v) is 6.18. The van der Waals surface area contributed by atoms with Crippen LogP contribution in [0.2, 0.25) is 5.15 Å². The van der Waals surface area contributed by atoms with Crippen LogP contribution in [0.15, 0.2) is 21.9 Å². The second kappa shape index (κ2) is 12.4. The number of amides is 2. The minimum Gasteiger partial charge on any atom is -0.456 e. The predicted octanol–water partition coefficient (Wildman–Crippen LogP) is 6.96. The van der Waals surface area contributed by atoms with Crippen LogP contribution in [0.4, 0.5) is 19.7 Å². The van der Waals surface area contributed by atoms with E-state index in [-0.39, 0.29) is 29.8 Å². The number of hydrogen-bond acceptors (Lipinski definition) is 8. The number of nitrogens with one attached hydrogen (secondary N) is 2. The number of alkyl carbamates (subject to hydrolysis) is 1. The number of fused-ring (bicyclic) bond motifs is 1. The van der Waals surface area contributed by atoms with Gasteiger partial charge in [-0.2, -0.15) is 0 Å². The Morgan fingerprint density at radius 3 is 2.42 bits per heavy atom. The number of carbonyl (C=O) groups excluding carboxylic acids is 2. The summed E-state index contributed by atoms with van der Waals surface area (Å²) in [5, 5.41) is 5.49. The van der Waals surface area contributed by atoms with Crippen LogP contribution in [0.5, 0.6) is 0 Å². The van der Waals surface area contributed by atoms with E-state index in [1.807, 2.05) is 17.5 Å². The Kier molecular flexibility index (Phi) is 9.59. The molecule has 9 nitrogen and oxygen atoms in total. The summed E-state index contributed by atoms with van der Waals surface area (Å²) < 4.78 is 32.7. The first-order chi connectivity index (χ1) is 18.6. The van der Waals surface area contributed by atoms with E-state index in [1.165, 1.54) is 16.3 Å². The molecule has 0 fully saturated rings. The van der Waals surface area contributed by atoms with E-state index in [0.29, 0.717) is 11.3 Å². The van der Waals surface area contributed by atoms with E-state index in [9.17, 15) is 9.59 Å². The molecule has 40 heavy (non-hydrogen) atoms. The number of hydrogen-bond donors (Lipinski definition) is 2. The molecule has 3 aromatic rings. The van der Waals surface area contributed by atoms with Gasteiger partial charge in [-0.1, -0.05) is 23.6 Å². The smallest absolute Gasteiger partial charge is 0.426 e. The van der Waals surface area contributed by atoms with Gasteiger partial charge < -0.3 is 19.2 Å². The Bertz CT molecular complexity index is 1430. The fraction of sp³-hybridized carbons (Fsp3) is 0.464. The molecule has 0 saturated carbocycles. The number of furan rings is 1. The summed E-state index contributed by atoms with van der Waals surface area (Å²) in [6, 6.07) is 3.26. The number of thiophene rings is 1. The summed E-state index contributed by atoms with van der Waals surface area (Å²) in [6.07, 6.45) is -1.18. The van der Waals surface area contributed by atoms with Crippen LogP contribution in [-0.2, 0) is 22.4 Å². The third-order valence-electron chi connectivity index (χ3n) is 5.06. The number of ether oxygens (including phenoxy) is 2. The highest BCUT2D eigenvalue weighted by atomic mass is 35.5. The Balaban J connectivity index is 2.09. The average Bonchev–Trinajstić information content (AvgIpc) is 3.40. The van der Waals surface area contributed by atoms with Crippen molar-refractivity contribution in [2.24, 2.45) is 0 Å². The molecule has 0 aliphatic rings.